The number of methoxy groups -OCH3 is 1. The highest BCUT2D eigenvalue weighted by Crippen LogP contribution is 2.28. The Morgan fingerprint density at radius 2 is 1.92 bits per heavy atom. The maximum absolute atomic E-state index is 12.5. The first-order chi connectivity index (χ1) is 11.3. The third-order valence-electron chi connectivity index (χ3n) is 3.75. The van der Waals surface area contributed by atoms with Crippen LogP contribution in [0.25, 0.3) is 0 Å². The summed E-state index contributed by atoms with van der Waals surface area (Å²) >= 11 is 6.82. The van der Waals surface area contributed by atoms with Crippen LogP contribution in [0.1, 0.15) is 6.92 Å². The molecule has 0 radical (unpaired) electrons. The molecule has 134 valence electrons. The lowest BCUT2D eigenvalue weighted by molar-refractivity contribution is -0.125. The summed E-state index contributed by atoms with van der Waals surface area (Å²) in [7, 11) is -2.39. The van der Waals surface area contributed by atoms with E-state index in [0.717, 1.165) is 11.3 Å². The van der Waals surface area contributed by atoms with Crippen molar-refractivity contribution in [2.75, 3.05) is 33.3 Å². The first-order valence-corrected chi connectivity index (χ1v) is 9.77. The first kappa shape index (κ1) is 19.1. The van der Waals surface area contributed by atoms with Crippen LogP contribution in [0.3, 0.4) is 0 Å². The molecule has 0 aromatic carbocycles. The van der Waals surface area contributed by atoms with Crippen LogP contribution in [-0.4, -0.2) is 69.0 Å². The van der Waals surface area contributed by atoms with Gasteiger partial charge in [0.25, 0.3) is 10.0 Å². The lowest BCUT2D eigenvalue weighted by Gasteiger charge is -2.36. The minimum absolute atomic E-state index is 0.206. The third kappa shape index (κ3) is 4.25. The molecule has 0 spiro atoms. The molecule has 2 rings (SSSR count). The molecule has 0 bridgehead atoms. The second-order valence-corrected chi connectivity index (χ2v) is 9.04. The fourth-order valence-electron chi connectivity index (χ4n) is 2.32. The van der Waals surface area contributed by atoms with E-state index in [1.165, 1.54) is 17.5 Å². The van der Waals surface area contributed by atoms with Gasteiger partial charge in [-0.25, -0.2) is 13.2 Å². The van der Waals surface area contributed by atoms with E-state index in [1.54, 1.807) is 13.0 Å². The second kappa shape index (κ2) is 7.79. The van der Waals surface area contributed by atoms with E-state index in [1.807, 2.05) is 4.90 Å². The van der Waals surface area contributed by atoms with Gasteiger partial charge in [-0.1, -0.05) is 11.6 Å². The van der Waals surface area contributed by atoms with Crippen LogP contribution in [0.2, 0.25) is 4.34 Å². The molecule has 1 aromatic rings. The molecule has 1 N–H and O–H groups in total. The average Bonchev–Trinajstić information content (AvgIpc) is 3.01. The van der Waals surface area contributed by atoms with Gasteiger partial charge in [-0.2, -0.15) is 4.31 Å². The number of ether oxygens (including phenoxy) is 1. The Morgan fingerprint density at radius 1 is 1.29 bits per heavy atom. The van der Waals surface area contributed by atoms with Gasteiger partial charge in [-0.3, -0.25) is 15.0 Å². The average molecular weight is 396 g/mol. The molecule has 0 saturated carbocycles. The smallest absolute Gasteiger partial charge is 0.413 e. The summed E-state index contributed by atoms with van der Waals surface area (Å²) in [6.07, 6.45) is -0.817. The van der Waals surface area contributed by atoms with Crippen LogP contribution in [0.5, 0.6) is 0 Å². The summed E-state index contributed by atoms with van der Waals surface area (Å²) in [5.74, 6) is -0.483. The third-order valence-corrected chi connectivity index (χ3v) is 7.35. The number of amides is 2. The Balaban J connectivity index is 1.96. The number of carbonyl (C=O) groups is 2. The first-order valence-electron chi connectivity index (χ1n) is 7.14. The minimum atomic E-state index is -3.57. The number of nitrogens with zero attached hydrogens (tertiary/aromatic N) is 2. The molecule has 8 nitrogen and oxygen atoms in total. The molecule has 0 unspecified atom stereocenters. The number of hydrogen-bond donors (Lipinski definition) is 1. The largest absolute Gasteiger partial charge is 0.453 e. The van der Waals surface area contributed by atoms with Crippen molar-refractivity contribution < 1.29 is 22.7 Å². The molecule has 1 aliphatic rings. The number of sulfonamides is 1. The van der Waals surface area contributed by atoms with Gasteiger partial charge in [0.1, 0.15) is 4.21 Å². The van der Waals surface area contributed by atoms with Gasteiger partial charge in [-0.05, 0) is 19.1 Å². The highest BCUT2D eigenvalue weighted by atomic mass is 35.5. The maximum atomic E-state index is 12.5. The highest BCUT2D eigenvalue weighted by Gasteiger charge is 2.32. The number of rotatable bonds is 4. The molecule has 0 aliphatic carbocycles. The fraction of sp³-hybridized carbons (Fsp3) is 0.538. The number of thiophene rings is 1. The van der Waals surface area contributed by atoms with Crippen LogP contribution >= 0.6 is 22.9 Å². The molecular formula is C13H18ClN3O5S2. The lowest BCUT2D eigenvalue weighted by Crippen LogP contribution is -2.55. The van der Waals surface area contributed by atoms with Gasteiger partial charge < -0.3 is 4.74 Å². The van der Waals surface area contributed by atoms with Gasteiger partial charge in [0, 0.05) is 26.2 Å². The Labute approximate surface area is 149 Å². The van der Waals surface area contributed by atoms with Crippen LogP contribution in [0, 0.1) is 0 Å². The Kier molecular flexibility index (Phi) is 6.21. The van der Waals surface area contributed by atoms with E-state index in [-0.39, 0.29) is 17.3 Å². The number of imide groups is 1. The predicted molar refractivity (Wildman–Crippen MR) is 89.7 cm³/mol. The summed E-state index contributed by atoms with van der Waals surface area (Å²) in [4.78, 5) is 24.8. The molecule has 1 aliphatic heterocycles. The van der Waals surface area contributed by atoms with Crippen molar-refractivity contribution in [3.63, 3.8) is 0 Å². The van der Waals surface area contributed by atoms with Gasteiger partial charge in [0.15, 0.2) is 0 Å². The summed E-state index contributed by atoms with van der Waals surface area (Å²) in [5.41, 5.74) is 0. The topological polar surface area (TPSA) is 96.0 Å². The highest BCUT2D eigenvalue weighted by molar-refractivity contribution is 7.91. The molecule has 1 saturated heterocycles. The number of nitrogens with one attached hydrogen (secondary N) is 1. The van der Waals surface area contributed by atoms with E-state index in [0.29, 0.717) is 17.4 Å². The second-order valence-electron chi connectivity index (χ2n) is 5.16. The molecule has 2 heterocycles. The number of piperazine rings is 1. The van der Waals surface area contributed by atoms with Gasteiger partial charge in [0.05, 0.1) is 17.5 Å². The molecule has 2 amide bonds. The molecule has 11 heteroatoms. The van der Waals surface area contributed by atoms with E-state index in [2.05, 4.69) is 10.1 Å². The minimum Gasteiger partial charge on any atom is -0.453 e. The van der Waals surface area contributed by atoms with Gasteiger partial charge in [-0.15, -0.1) is 11.3 Å². The van der Waals surface area contributed by atoms with Crippen LogP contribution in [0.15, 0.2) is 16.3 Å². The molecule has 24 heavy (non-hydrogen) atoms. The van der Waals surface area contributed by atoms with Crippen LogP contribution in [-0.2, 0) is 19.6 Å². The van der Waals surface area contributed by atoms with Crippen molar-refractivity contribution in [2.24, 2.45) is 0 Å². The Morgan fingerprint density at radius 3 is 2.42 bits per heavy atom. The zero-order valence-electron chi connectivity index (χ0n) is 13.2. The quantitative estimate of drug-likeness (QED) is 0.816. The molecule has 1 aromatic heterocycles. The van der Waals surface area contributed by atoms with E-state index in [9.17, 15) is 18.0 Å². The molecular weight excluding hydrogens is 378 g/mol. The lowest BCUT2D eigenvalue weighted by atomic mass is 10.2. The zero-order valence-corrected chi connectivity index (χ0v) is 15.6. The summed E-state index contributed by atoms with van der Waals surface area (Å²) < 4.78 is 31.4. The van der Waals surface area contributed by atoms with E-state index >= 15 is 0 Å². The number of halogens is 1. The predicted octanol–water partition coefficient (Wildman–Crippen LogP) is 0.979. The van der Waals surface area contributed by atoms with Gasteiger partial charge in [0.2, 0.25) is 5.91 Å². The zero-order chi connectivity index (χ0) is 17.9. The normalized spacial score (nSPS) is 18.1. The number of carbonyl (C=O) groups excluding carboxylic acids is 2. The van der Waals surface area contributed by atoms with Crippen molar-refractivity contribution in [3.8, 4) is 0 Å². The fourth-order valence-corrected chi connectivity index (χ4v) is 5.38. The SMILES string of the molecule is COC(=O)NC(=O)[C@H](C)N1CCN(S(=O)(=O)c2ccc(Cl)s2)CC1. The Bertz CT molecular complexity index is 713. The van der Waals surface area contributed by atoms with E-state index < -0.39 is 28.1 Å². The molecule has 1 atom stereocenters. The number of alkyl carbamates (subject to hydrolysis) is 1. The van der Waals surface area contributed by atoms with Crippen molar-refractivity contribution in [3.05, 3.63) is 16.5 Å². The summed E-state index contributed by atoms with van der Waals surface area (Å²) in [6, 6.07) is 2.47. The summed E-state index contributed by atoms with van der Waals surface area (Å²) in [6.45, 7) is 2.94. The Hall–Kier alpha value is -1.20. The van der Waals surface area contributed by atoms with E-state index in [4.69, 9.17) is 11.6 Å². The van der Waals surface area contributed by atoms with Crippen molar-refractivity contribution >= 4 is 45.0 Å². The van der Waals surface area contributed by atoms with Crippen LogP contribution < -0.4 is 5.32 Å². The van der Waals surface area contributed by atoms with Crippen molar-refractivity contribution in [2.45, 2.75) is 17.2 Å². The van der Waals surface area contributed by atoms with Crippen LogP contribution in [0.4, 0.5) is 4.79 Å². The van der Waals surface area contributed by atoms with Gasteiger partial charge >= 0.3 is 6.09 Å². The maximum Gasteiger partial charge on any atom is 0.413 e. The monoisotopic (exact) mass is 395 g/mol. The molecule has 1 fully saturated rings. The standard InChI is InChI=1S/C13H18ClN3O5S2/c1-9(12(18)15-13(19)22-2)16-5-7-17(8-6-16)24(20,21)11-4-3-10(14)23-11/h3-4,9H,5-8H2,1-2H3,(H,15,18,19)/t9-/m0/s1. The van der Waals surface area contributed by atoms with Crippen molar-refractivity contribution in [1.29, 1.82) is 0 Å². The number of hydrogen-bond acceptors (Lipinski definition) is 7. The summed E-state index contributed by atoms with van der Waals surface area (Å²) in [5, 5.41) is 2.11. The van der Waals surface area contributed by atoms with Crippen molar-refractivity contribution in [1.82, 2.24) is 14.5 Å².